The van der Waals surface area contributed by atoms with Crippen LogP contribution >= 0.6 is 0 Å². The minimum Gasteiger partial charge on any atom is -0.497 e. The second kappa shape index (κ2) is 7.74. The highest BCUT2D eigenvalue weighted by molar-refractivity contribution is 5.77. The molecule has 0 saturated heterocycles. The van der Waals surface area contributed by atoms with E-state index < -0.39 is 17.3 Å². The summed E-state index contributed by atoms with van der Waals surface area (Å²) in [5.41, 5.74) is 0.697. The minimum atomic E-state index is -1.13. The van der Waals surface area contributed by atoms with E-state index in [2.05, 4.69) is 5.32 Å². The molecule has 1 amide bonds. The van der Waals surface area contributed by atoms with Gasteiger partial charge in [-0.3, -0.25) is 4.79 Å². The molecule has 0 fully saturated rings. The molecule has 1 unspecified atom stereocenters. The molecule has 2 aromatic rings. The first-order valence-electron chi connectivity index (χ1n) is 8.56. The van der Waals surface area contributed by atoms with Crippen LogP contribution in [0.3, 0.4) is 0 Å². The molecule has 26 heavy (non-hydrogen) atoms. The van der Waals surface area contributed by atoms with E-state index in [0.717, 1.165) is 29.7 Å². The van der Waals surface area contributed by atoms with Crippen LogP contribution in [0.15, 0.2) is 42.5 Å². The number of rotatable bonds is 6. The molecule has 2 aromatic carbocycles. The maximum absolute atomic E-state index is 13.5. The van der Waals surface area contributed by atoms with Gasteiger partial charge < -0.3 is 19.9 Å². The highest BCUT2D eigenvalue weighted by Gasteiger charge is 2.34. The van der Waals surface area contributed by atoms with E-state index in [9.17, 15) is 14.3 Å². The van der Waals surface area contributed by atoms with Gasteiger partial charge in [-0.1, -0.05) is 18.2 Å². The molecule has 0 saturated carbocycles. The largest absolute Gasteiger partial charge is 0.497 e. The average molecular weight is 359 g/mol. The van der Waals surface area contributed by atoms with E-state index in [1.54, 1.807) is 25.3 Å². The predicted molar refractivity (Wildman–Crippen MR) is 94.7 cm³/mol. The van der Waals surface area contributed by atoms with Crippen molar-refractivity contribution in [3.8, 4) is 11.5 Å². The summed E-state index contributed by atoms with van der Waals surface area (Å²) in [6.45, 7) is -0.238. The van der Waals surface area contributed by atoms with Crippen LogP contribution in [-0.2, 0) is 16.8 Å². The van der Waals surface area contributed by atoms with Crippen molar-refractivity contribution in [2.45, 2.75) is 24.9 Å². The third-order valence-electron chi connectivity index (χ3n) is 4.62. The maximum atomic E-state index is 13.5. The lowest BCUT2D eigenvalue weighted by molar-refractivity contribution is -0.124. The summed E-state index contributed by atoms with van der Waals surface area (Å²) in [7, 11) is 1.60. The molecule has 1 aliphatic carbocycles. The SMILES string of the molecule is COc1ccc2c(c1)CCCC2(O)CNC(=O)COc1ccccc1F. The van der Waals surface area contributed by atoms with Gasteiger partial charge in [0.2, 0.25) is 0 Å². The Kier molecular flexibility index (Phi) is 5.42. The summed E-state index contributed by atoms with van der Waals surface area (Å²) in [5.74, 6) is -0.164. The fourth-order valence-corrected chi connectivity index (χ4v) is 3.25. The number of aryl methyl sites for hydroxylation is 1. The molecule has 5 nitrogen and oxygen atoms in total. The maximum Gasteiger partial charge on any atom is 0.258 e. The van der Waals surface area contributed by atoms with E-state index in [4.69, 9.17) is 9.47 Å². The summed E-state index contributed by atoms with van der Waals surface area (Å²) < 4.78 is 23.9. The summed E-state index contributed by atoms with van der Waals surface area (Å²) in [5, 5.41) is 13.7. The van der Waals surface area contributed by atoms with Gasteiger partial charge in [0.05, 0.1) is 13.7 Å². The number of hydrogen-bond donors (Lipinski definition) is 2. The van der Waals surface area contributed by atoms with Crippen molar-refractivity contribution in [3.05, 3.63) is 59.4 Å². The number of benzene rings is 2. The minimum absolute atomic E-state index is 0.0245. The first kappa shape index (κ1) is 18.2. The number of ether oxygens (including phenoxy) is 2. The number of para-hydroxylation sites is 1. The Morgan fingerprint density at radius 2 is 2.12 bits per heavy atom. The van der Waals surface area contributed by atoms with Crippen LogP contribution in [0.4, 0.5) is 4.39 Å². The normalized spacial score (nSPS) is 18.7. The number of hydrogen-bond acceptors (Lipinski definition) is 4. The van der Waals surface area contributed by atoms with Crippen LogP contribution in [0.2, 0.25) is 0 Å². The fraction of sp³-hybridized carbons (Fsp3) is 0.350. The number of halogens is 1. The molecule has 0 spiro atoms. The Balaban J connectivity index is 1.61. The van der Waals surface area contributed by atoms with E-state index in [1.807, 2.05) is 12.1 Å². The summed E-state index contributed by atoms with van der Waals surface area (Å²) in [6.07, 6.45) is 2.23. The van der Waals surface area contributed by atoms with Crippen LogP contribution in [0, 0.1) is 5.82 Å². The van der Waals surface area contributed by atoms with Crippen molar-refractivity contribution in [1.29, 1.82) is 0 Å². The number of aliphatic hydroxyl groups is 1. The first-order chi connectivity index (χ1) is 12.5. The van der Waals surface area contributed by atoms with Crippen LogP contribution in [0.25, 0.3) is 0 Å². The molecule has 0 heterocycles. The number of amides is 1. The van der Waals surface area contributed by atoms with Gasteiger partial charge in [-0.25, -0.2) is 4.39 Å². The Hall–Kier alpha value is -2.60. The van der Waals surface area contributed by atoms with Gasteiger partial charge in [0.15, 0.2) is 18.2 Å². The smallest absolute Gasteiger partial charge is 0.258 e. The summed E-state index contributed by atoms with van der Waals surface area (Å²) in [4.78, 5) is 12.0. The molecular formula is C20H22FNO4. The van der Waals surface area contributed by atoms with Gasteiger partial charge in [0.1, 0.15) is 11.4 Å². The first-order valence-corrected chi connectivity index (χ1v) is 8.56. The highest BCUT2D eigenvalue weighted by Crippen LogP contribution is 2.36. The Labute approximate surface area is 151 Å². The molecule has 1 aliphatic rings. The van der Waals surface area contributed by atoms with Gasteiger partial charge in [0, 0.05) is 0 Å². The summed E-state index contributed by atoms with van der Waals surface area (Å²) in [6, 6.07) is 11.5. The predicted octanol–water partition coefficient (Wildman–Crippen LogP) is 2.55. The second-order valence-corrected chi connectivity index (χ2v) is 6.40. The Morgan fingerprint density at radius 3 is 2.88 bits per heavy atom. The molecular weight excluding hydrogens is 337 g/mol. The van der Waals surface area contributed by atoms with Crippen molar-refractivity contribution in [3.63, 3.8) is 0 Å². The molecule has 138 valence electrons. The van der Waals surface area contributed by atoms with E-state index >= 15 is 0 Å². The molecule has 6 heteroatoms. The molecule has 3 rings (SSSR count). The lowest BCUT2D eigenvalue weighted by Gasteiger charge is -2.34. The van der Waals surface area contributed by atoms with Crippen LogP contribution in [0.5, 0.6) is 11.5 Å². The van der Waals surface area contributed by atoms with Gasteiger partial charge in [-0.2, -0.15) is 0 Å². The molecule has 0 bridgehead atoms. The Bertz CT molecular complexity index is 795. The number of carbonyl (C=O) groups excluding carboxylic acids is 1. The summed E-state index contributed by atoms with van der Waals surface area (Å²) >= 11 is 0. The zero-order valence-electron chi connectivity index (χ0n) is 14.6. The lowest BCUT2D eigenvalue weighted by Crippen LogP contribution is -2.44. The van der Waals surface area contributed by atoms with Gasteiger partial charge >= 0.3 is 0 Å². The van der Waals surface area contributed by atoms with Crippen molar-refractivity contribution >= 4 is 5.91 Å². The van der Waals surface area contributed by atoms with Crippen LogP contribution in [-0.4, -0.2) is 31.3 Å². The molecule has 0 aromatic heterocycles. The molecule has 2 N–H and O–H groups in total. The highest BCUT2D eigenvalue weighted by atomic mass is 19.1. The standard InChI is InChI=1S/C20H22FNO4/c1-25-15-8-9-16-14(11-15)5-4-10-20(16,24)13-22-19(23)12-26-18-7-3-2-6-17(18)21/h2-3,6-9,11,24H,4-5,10,12-13H2,1H3,(H,22,23). The van der Waals surface area contributed by atoms with Gasteiger partial charge in [-0.05, 0) is 54.7 Å². The zero-order chi connectivity index (χ0) is 18.6. The van der Waals surface area contributed by atoms with Gasteiger partial charge in [-0.15, -0.1) is 0 Å². The van der Waals surface area contributed by atoms with E-state index in [0.29, 0.717) is 6.42 Å². The van der Waals surface area contributed by atoms with Gasteiger partial charge in [0.25, 0.3) is 5.91 Å². The number of fused-ring (bicyclic) bond motifs is 1. The van der Waals surface area contributed by atoms with Crippen LogP contribution in [0.1, 0.15) is 24.0 Å². The number of methoxy groups -OCH3 is 1. The number of carbonyl (C=O) groups is 1. The van der Waals surface area contributed by atoms with E-state index in [1.165, 1.54) is 12.1 Å². The lowest BCUT2D eigenvalue weighted by atomic mass is 9.79. The fourth-order valence-electron chi connectivity index (χ4n) is 3.25. The molecule has 0 aliphatic heterocycles. The van der Waals surface area contributed by atoms with Crippen molar-refractivity contribution in [2.24, 2.45) is 0 Å². The van der Waals surface area contributed by atoms with E-state index in [-0.39, 0.29) is 18.9 Å². The van der Waals surface area contributed by atoms with Crippen molar-refractivity contribution < 1.29 is 23.8 Å². The van der Waals surface area contributed by atoms with Crippen molar-refractivity contribution in [1.82, 2.24) is 5.32 Å². The topological polar surface area (TPSA) is 67.8 Å². The quantitative estimate of drug-likeness (QED) is 0.832. The zero-order valence-corrected chi connectivity index (χ0v) is 14.6. The molecule has 1 atom stereocenters. The third-order valence-corrected chi connectivity index (χ3v) is 4.62. The van der Waals surface area contributed by atoms with Crippen molar-refractivity contribution in [2.75, 3.05) is 20.3 Å². The third kappa shape index (κ3) is 3.96. The van der Waals surface area contributed by atoms with Crippen LogP contribution < -0.4 is 14.8 Å². The number of nitrogens with one attached hydrogen (secondary N) is 1. The second-order valence-electron chi connectivity index (χ2n) is 6.40. The Morgan fingerprint density at radius 1 is 1.31 bits per heavy atom. The monoisotopic (exact) mass is 359 g/mol. The molecule has 0 radical (unpaired) electrons. The average Bonchev–Trinajstić information content (AvgIpc) is 2.65.